The van der Waals surface area contributed by atoms with E-state index in [1.165, 1.54) is 0 Å². The predicted octanol–water partition coefficient (Wildman–Crippen LogP) is 3.14. The molecule has 2 aromatic carbocycles. The number of hydrogen-bond acceptors (Lipinski definition) is 8. The SMILES string of the molecule is O=[N+]([O-])OC(=S)c1ccccc1.O=[N+]([O-])OC(=S)c1ccccc1. The van der Waals surface area contributed by atoms with Crippen LogP contribution in [0.4, 0.5) is 0 Å². The molecule has 0 aliphatic rings. The molecule has 0 aliphatic heterocycles. The summed E-state index contributed by atoms with van der Waals surface area (Å²) in [7, 11) is 0. The highest BCUT2D eigenvalue weighted by Crippen LogP contribution is 2.02. The second kappa shape index (κ2) is 9.92. The van der Waals surface area contributed by atoms with Gasteiger partial charge in [-0.3, -0.25) is 9.68 Å². The van der Waals surface area contributed by atoms with Crippen LogP contribution in [-0.2, 0) is 9.68 Å². The van der Waals surface area contributed by atoms with Gasteiger partial charge in [0.25, 0.3) is 0 Å². The van der Waals surface area contributed by atoms with E-state index in [0.717, 1.165) is 0 Å². The number of thiocarbonyl (C=S) groups is 2. The second-order valence-corrected chi connectivity index (χ2v) is 4.68. The highest BCUT2D eigenvalue weighted by atomic mass is 32.1. The highest BCUT2D eigenvalue weighted by molar-refractivity contribution is 7.80. The minimum Gasteiger partial charge on any atom is -0.264 e. The van der Waals surface area contributed by atoms with E-state index in [4.69, 9.17) is 0 Å². The number of benzene rings is 2. The lowest BCUT2D eigenvalue weighted by molar-refractivity contribution is -0.722. The molecule has 24 heavy (non-hydrogen) atoms. The van der Waals surface area contributed by atoms with Crippen LogP contribution in [0.25, 0.3) is 0 Å². The smallest absolute Gasteiger partial charge is 0.264 e. The van der Waals surface area contributed by atoms with E-state index in [1.54, 1.807) is 60.7 Å². The maximum Gasteiger partial charge on any atom is 0.300 e. The maximum absolute atomic E-state index is 9.88. The first-order chi connectivity index (χ1) is 11.4. The van der Waals surface area contributed by atoms with Gasteiger partial charge in [-0.05, 0) is 0 Å². The van der Waals surface area contributed by atoms with Gasteiger partial charge < -0.3 is 0 Å². The van der Waals surface area contributed by atoms with Crippen molar-refractivity contribution in [3.63, 3.8) is 0 Å². The number of nitrogens with zero attached hydrogens (tertiary/aromatic N) is 2. The Morgan fingerprint density at radius 1 is 0.708 bits per heavy atom. The monoisotopic (exact) mass is 366 g/mol. The minimum absolute atomic E-state index is 0.124. The van der Waals surface area contributed by atoms with Gasteiger partial charge in [-0.2, -0.15) is 0 Å². The average Bonchev–Trinajstić information content (AvgIpc) is 2.56. The quantitative estimate of drug-likeness (QED) is 0.462. The normalized spacial score (nSPS) is 9.00. The fraction of sp³-hybridized carbons (Fsp3) is 0. The van der Waals surface area contributed by atoms with Crippen molar-refractivity contribution in [2.24, 2.45) is 0 Å². The summed E-state index contributed by atoms with van der Waals surface area (Å²) in [6.07, 6.45) is 0. The molecule has 2 aromatic rings. The molecule has 0 N–H and O–H groups in total. The summed E-state index contributed by atoms with van der Waals surface area (Å²) in [6, 6.07) is 17.1. The maximum atomic E-state index is 9.88. The number of rotatable bonds is 4. The molecule has 10 heteroatoms. The van der Waals surface area contributed by atoms with Crippen LogP contribution in [0.1, 0.15) is 11.1 Å². The Hall–Kier alpha value is -2.98. The van der Waals surface area contributed by atoms with Gasteiger partial charge in [0.15, 0.2) is 10.1 Å². The highest BCUT2D eigenvalue weighted by Gasteiger charge is 2.05. The fourth-order valence-electron chi connectivity index (χ4n) is 1.39. The zero-order valence-electron chi connectivity index (χ0n) is 11.9. The molecule has 0 aliphatic carbocycles. The largest absolute Gasteiger partial charge is 0.300 e. The lowest BCUT2D eigenvalue weighted by Crippen LogP contribution is -2.08. The molecule has 0 amide bonds. The van der Waals surface area contributed by atoms with Gasteiger partial charge in [-0.25, -0.2) is 0 Å². The van der Waals surface area contributed by atoms with Crippen LogP contribution >= 0.6 is 24.4 Å². The molecule has 0 radical (unpaired) electrons. The minimum atomic E-state index is -0.921. The van der Waals surface area contributed by atoms with Crippen LogP contribution in [0.5, 0.6) is 0 Å². The Kier molecular flexibility index (Phi) is 7.88. The lowest BCUT2D eigenvalue weighted by atomic mass is 10.2. The molecule has 0 heterocycles. The molecule has 0 aromatic heterocycles. The lowest BCUT2D eigenvalue weighted by Gasteiger charge is -1.98. The van der Waals surface area contributed by atoms with Gasteiger partial charge in [0, 0.05) is 11.1 Å². The van der Waals surface area contributed by atoms with Gasteiger partial charge >= 0.3 is 10.2 Å². The first-order valence-electron chi connectivity index (χ1n) is 6.23. The van der Waals surface area contributed by atoms with Crippen molar-refractivity contribution in [1.82, 2.24) is 0 Å². The van der Waals surface area contributed by atoms with E-state index in [2.05, 4.69) is 34.1 Å². The molecule has 0 spiro atoms. The second-order valence-electron chi connectivity index (χ2n) is 3.94. The van der Waals surface area contributed by atoms with Crippen LogP contribution in [0.3, 0.4) is 0 Å². The standard InChI is InChI=1S/2C7H5NO3S/c2*9-8(10)11-7(12)6-4-2-1-3-5-6/h2*1-5H. The zero-order valence-corrected chi connectivity index (χ0v) is 13.6. The van der Waals surface area contributed by atoms with Gasteiger partial charge in [-0.15, -0.1) is 20.2 Å². The van der Waals surface area contributed by atoms with E-state index in [9.17, 15) is 20.2 Å². The topological polar surface area (TPSA) is 105 Å². The Bertz CT molecular complexity index is 661. The van der Waals surface area contributed by atoms with Gasteiger partial charge in [-0.1, -0.05) is 85.1 Å². The molecule has 0 bridgehead atoms. The molecule has 0 atom stereocenters. The van der Waals surface area contributed by atoms with Crippen LogP contribution in [0.15, 0.2) is 60.7 Å². The van der Waals surface area contributed by atoms with Crippen LogP contribution < -0.4 is 0 Å². The third-order valence-corrected chi connectivity index (χ3v) is 2.95. The van der Waals surface area contributed by atoms with Crippen molar-refractivity contribution in [3.05, 3.63) is 92.0 Å². The molecular weight excluding hydrogens is 356 g/mol. The first-order valence-corrected chi connectivity index (χ1v) is 7.05. The zero-order chi connectivity index (χ0) is 17.9. The van der Waals surface area contributed by atoms with E-state index in [-0.39, 0.29) is 10.1 Å². The molecule has 2 rings (SSSR count). The Labute approximate surface area is 146 Å². The molecule has 0 fully saturated rings. The van der Waals surface area contributed by atoms with Gasteiger partial charge in [0.05, 0.1) is 0 Å². The molecule has 0 unspecified atom stereocenters. The van der Waals surface area contributed by atoms with E-state index in [0.29, 0.717) is 11.1 Å². The number of hydrogen-bond donors (Lipinski definition) is 0. The van der Waals surface area contributed by atoms with Crippen molar-refractivity contribution >= 4 is 34.5 Å². The Morgan fingerprint density at radius 3 is 1.25 bits per heavy atom. The van der Waals surface area contributed by atoms with E-state index in [1.807, 2.05) is 0 Å². The third-order valence-electron chi connectivity index (χ3n) is 2.33. The third kappa shape index (κ3) is 7.33. The molecule has 124 valence electrons. The molecular formula is C14H10N2O6S2. The van der Waals surface area contributed by atoms with Crippen LogP contribution in [0, 0.1) is 20.2 Å². The summed E-state index contributed by atoms with van der Waals surface area (Å²) in [5.74, 6) is 0. The van der Waals surface area contributed by atoms with Gasteiger partial charge in [0.2, 0.25) is 0 Å². The van der Waals surface area contributed by atoms with E-state index < -0.39 is 10.2 Å². The first kappa shape index (κ1) is 19.1. The molecule has 8 nitrogen and oxygen atoms in total. The summed E-state index contributed by atoms with van der Waals surface area (Å²) in [5, 5.41) is 17.7. The van der Waals surface area contributed by atoms with Crippen molar-refractivity contribution in [3.8, 4) is 0 Å². The van der Waals surface area contributed by atoms with Crippen molar-refractivity contribution < 1.29 is 19.8 Å². The summed E-state index contributed by atoms with van der Waals surface area (Å²) >= 11 is 9.27. The van der Waals surface area contributed by atoms with Crippen molar-refractivity contribution in [2.45, 2.75) is 0 Å². The Morgan fingerprint density at radius 2 is 1.00 bits per heavy atom. The van der Waals surface area contributed by atoms with E-state index >= 15 is 0 Å². The summed E-state index contributed by atoms with van der Waals surface area (Å²) < 4.78 is 0. The Balaban J connectivity index is 0.000000240. The van der Waals surface area contributed by atoms with Crippen molar-refractivity contribution in [1.29, 1.82) is 0 Å². The molecule has 0 saturated carbocycles. The van der Waals surface area contributed by atoms with Crippen LogP contribution in [0.2, 0.25) is 0 Å². The van der Waals surface area contributed by atoms with Crippen LogP contribution in [-0.4, -0.2) is 20.3 Å². The molecule has 0 saturated heterocycles. The summed E-state index contributed by atoms with van der Waals surface area (Å²) in [4.78, 5) is 27.9. The van der Waals surface area contributed by atoms with Gasteiger partial charge in [0.1, 0.15) is 0 Å². The summed E-state index contributed by atoms with van der Waals surface area (Å²) in [6.45, 7) is 0. The average molecular weight is 366 g/mol. The fourth-order valence-corrected chi connectivity index (χ4v) is 1.78. The summed E-state index contributed by atoms with van der Waals surface area (Å²) in [5.41, 5.74) is 1.06. The van der Waals surface area contributed by atoms with Crippen molar-refractivity contribution in [2.75, 3.05) is 0 Å². The predicted molar refractivity (Wildman–Crippen MR) is 92.4 cm³/mol.